The molecule has 6 heteroatoms. The summed E-state index contributed by atoms with van der Waals surface area (Å²) in [4.78, 5) is 3.18. The molecule has 1 aromatic heterocycles. The molecule has 2 aromatic rings. The Labute approximate surface area is 118 Å². The summed E-state index contributed by atoms with van der Waals surface area (Å²) in [7, 11) is -3.20. The van der Waals surface area contributed by atoms with Crippen LogP contribution >= 0.6 is 11.6 Å². The van der Waals surface area contributed by atoms with Crippen LogP contribution in [0.5, 0.6) is 0 Å². The molecule has 0 aliphatic carbocycles. The van der Waals surface area contributed by atoms with Gasteiger partial charge in [0.2, 0.25) is 10.0 Å². The third kappa shape index (κ3) is 3.29. The highest BCUT2D eigenvalue weighted by molar-refractivity contribution is 7.88. The average Bonchev–Trinajstić information content (AvgIpc) is 2.69. The molecule has 1 heterocycles. The van der Waals surface area contributed by atoms with Crippen LogP contribution in [0.1, 0.15) is 19.4 Å². The first kappa shape index (κ1) is 14.4. The molecule has 0 bridgehead atoms. The Morgan fingerprint density at radius 3 is 2.68 bits per heavy atom. The fourth-order valence-electron chi connectivity index (χ4n) is 2.06. The topological polar surface area (TPSA) is 62.0 Å². The van der Waals surface area contributed by atoms with E-state index in [9.17, 15) is 8.42 Å². The van der Waals surface area contributed by atoms with Crippen LogP contribution in [0.3, 0.4) is 0 Å². The van der Waals surface area contributed by atoms with Gasteiger partial charge in [-0.2, -0.15) is 0 Å². The first-order valence-corrected chi connectivity index (χ1v) is 8.18. The van der Waals surface area contributed by atoms with E-state index in [1.807, 2.05) is 38.2 Å². The fourth-order valence-corrected chi connectivity index (χ4v) is 2.85. The number of hydrogen-bond donors (Lipinski definition) is 2. The van der Waals surface area contributed by atoms with Gasteiger partial charge in [0.1, 0.15) is 0 Å². The second-order valence-corrected chi connectivity index (χ2v) is 7.64. The third-order valence-corrected chi connectivity index (χ3v) is 4.05. The van der Waals surface area contributed by atoms with Crippen LogP contribution in [-0.4, -0.2) is 26.2 Å². The minimum absolute atomic E-state index is 0.327. The average molecular weight is 301 g/mol. The predicted molar refractivity (Wildman–Crippen MR) is 79.2 cm³/mol. The highest BCUT2D eigenvalue weighted by Gasteiger charge is 2.25. The molecule has 0 aliphatic heterocycles. The van der Waals surface area contributed by atoms with Gasteiger partial charge in [0.25, 0.3) is 0 Å². The quantitative estimate of drug-likeness (QED) is 0.912. The van der Waals surface area contributed by atoms with Gasteiger partial charge in [-0.3, -0.25) is 0 Å². The zero-order chi connectivity index (χ0) is 14.3. The number of fused-ring (bicyclic) bond motifs is 1. The molecule has 0 aliphatic rings. The normalized spacial score (nSPS) is 13.1. The summed E-state index contributed by atoms with van der Waals surface area (Å²) in [5, 5.41) is 1.69. The molecule has 19 heavy (non-hydrogen) atoms. The second kappa shape index (κ2) is 4.81. The van der Waals surface area contributed by atoms with Crippen molar-refractivity contribution in [3.05, 3.63) is 35.0 Å². The van der Waals surface area contributed by atoms with Crippen molar-refractivity contribution in [1.82, 2.24) is 9.71 Å². The highest BCUT2D eigenvalue weighted by atomic mass is 35.5. The van der Waals surface area contributed by atoms with Crippen molar-refractivity contribution in [1.29, 1.82) is 0 Å². The SMILES string of the molecule is CC(C)(CNS(C)(=O)=O)c1c[nH]c2ccc(Cl)cc12. The molecule has 0 radical (unpaired) electrons. The van der Waals surface area contributed by atoms with Crippen LogP contribution in [0.4, 0.5) is 0 Å². The maximum absolute atomic E-state index is 11.2. The molecule has 0 atom stereocenters. The number of hydrogen-bond acceptors (Lipinski definition) is 2. The van der Waals surface area contributed by atoms with Crippen LogP contribution < -0.4 is 4.72 Å². The first-order valence-electron chi connectivity index (χ1n) is 5.91. The number of benzene rings is 1. The zero-order valence-corrected chi connectivity index (χ0v) is 12.7. The van der Waals surface area contributed by atoms with Crippen LogP contribution in [0.15, 0.2) is 24.4 Å². The van der Waals surface area contributed by atoms with Crippen molar-refractivity contribution in [2.45, 2.75) is 19.3 Å². The lowest BCUT2D eigenvalue weighted by Crippen LogP contribution is -2.35. The zero-order valence-electron chi connectivity index (χ0n) is 11.1. The van der Waals surface area contributed by atoms with Crippen molar-refractivity contribution < 1.29 is 8.42 Å². The fraction of sp³-hybridized carbons (Fsp3) is 0.385. The van der Waals surface area contributed by atoms with E-state index in [1.54, 1.807) is 0 Å². The molecule has 0 amide bonds. The molecule has 0 spiro atoms. The van der Waals surface area contributed by atoms with E-state index >= 15 is 0 Å². The standard InChI is InChI=1S/C13H17ClN2O2S/c1-13(2,8-16-19(3,17)18)11-7-15-12-5-4-9(14)6-10(11)12/h4-7,15-16H,8H2,1-3H3. The second-order valence-electron chi connectivity index (χ2n) is 5.37. The van der Waals surface area contributed by atoms with E-state index in [-0.39, 0.29) is 5.41 Å². The molecule has 4 nitrogen and oxygen atoms in total. The van der Waals surface area contributed by atoms with Crippen LogP contribution in [0.25, 0.3) is 10.9 Å². The monoisotopic (exact) mass is 300 g/mol. The molecule has 0 unspecified atom stereocenters. The maximum Gasteiger partial charge on any atom is 0.208 e. The Morgan fingerprint density at radius 1 is 1.37 bits per heavy atom. The summed E-state index contributed by atoms with van der Waals surface area (Å²) in [5.41, 5.74) is 1.71. The van der Waals surface area contributed by atoms with Crippen molar-refractivity contribution in [2.75, 3.05) is 12.8 Å². The Balaban J connectivity index is 2.39. The Hall–Kier alpha value is -1.04. The smallest absolute Gasteiger partial charge is 0.208 e. The molecule has 1 aromatic carbocycles. The van der Waals surface area contributed by atoms with Gasteiger partial charge in [-0.25, -0.2) is 13.1 Å². The minimum Gasteiger partial charge on any atom is -0.361 e. The highest BCUT2D eigenvalue weighted by Crippen LogP contribution is 2.31. The summed E-state index contributed by atoms with van der Waals surface area (Å²) >= 11 is 6.02. The van der Waals surface area contributed by atoms with Crippen LogP contribution in [0, 0.1) is 0 Å². The first-order chi connectivity index (χ1) is 8.69. The van der Waals surface area contributed by atoms with Gasteiger partial charge in [-0.1, -0.05) is 25.4 Å². The molecule has 104 valence electrons. The third-order valence-electron chi connectivity index (χ3n) is 3.15. The van der Waals surface area contributed by atoms with Crippen molar-refractivity contribution >= 4 is 32.5 Å². The summed E-state index contributed by atoms with van der Waals surface area (Å²) in [6.07, 6.45) is 3.07. The predicted octanol–water partition coefficient (Wildman–Crippen LogP) is 2.65. The molecule has 0 saturated carbocycles. The lowest BCUT2D eigenvalue weighted by molar-refractivity contribution is 0.507. The van der Waals surface area contributed by atoms with E-state index in [1.165, 1.54) is 0 Å². The number of aromatic nitrogens is 1. The van der Waals surface area contributed by atoms with Gasteiger partial charge >= 0.3 is 0 Å². The molecule has 2 rings (SSSR count). The number of nitrogens with one attached hydrogen (secondary N) is 2. The van der Waals surface area contributed by atoms with E-state index < -0.39 is 10.0 Å². The van der Waals surface area contributed by atoms with Crippen LogP contribution in [-0.2, 0) is 15.4 Å². The summed E-state index contributed by atoms with van der Waals surface area (Å²) in [5.74, 6) is 0. The van der Waals surface area contributed by atoms with Crippen molar-refractivity contribution in [2.24, 2.45) is 0 Å². The maximum atomic E-state index is 11.2. The van der Waals surface area contributed by atoms with Gasteiger partial charge in [0.05, 0.1) is 6.26 Å². The molecule has 0 saturated heterocycles. The lowest BCUT2D eigenvalue weighted by Gasteiger charge is -2.24. The van der Waals surface area contributed by atoms with Gasteiger partial charge in [-0.15, -0.1) is 0 Å². The molecule has 2 N–H and O–H groups in total. The summed E-state index contributed by atoms with van der Waals surface area (Å²) in [6.45, 7) is 4.33. The Kier molecular flexibility index (Phi) is 3.64. The largest absolute Gasteiger partial charge is 0.361 e. The van der Waals surface area contributed by atoms with Crippen molar-refractivity contribution in [3.63, 3.8) is 0 Å². The molecular weight excluding hydrogens is 284 g/mol. The van der Waals surface area contributed by atoms with E-state index in [0.717, 1.165) is 22.7 Å². The number of rotatable bonds is 4. The minimum atomic E-state index is -3.20. The van der Waals surface area contributed by atoms with E-state index in [0.29, 0.717) is 11.6 Å². The Morgan fingerprint density at radius 2 is 2.05 bits per heavy atom. The van der Waals surface area contributed by atoms with Gasteiger partial charge in [0, 0.05) is 34.1 Å². The Bertz CT molecular complexity index is 705. The number of H-pyrrole nitrogens is 1. The van der Waals surface area contributed by atoms with Crippen LogP contribution in [0.2, 0.25) is 5.02 Å². The van der Waals surface area contributed by atoms with Gasteiger partial charge in [0.15, 0.2) is 0 Å². The summed E-state index contributed by atoms with van der Waals surface area (Å²) < 4.78 is 25.0. The number of halogens is 1. The lowest BCUT2D eigenvalue weighted by atomic mass is 9.85. The summed E-state index contributed by atoms with van der Waals surface area (Å²) in [6, 6.07) is 5.64. The molecular formula is C13H17ClN2O2S. The van der Waals surface area contributed by atoms with E-state index in [2.05, 4.69) is 9.71 Å². The van der Waals surface area contributed by atoms with Gasteiger partial charge in [-0.05, 0) is 23.8 Å². The number of sulfonamides is 1. The number of aromatic amines is 1. The molecule has 0 fully saturated rings. The van der Waals surface area contributed by atoms with E-state index in [4.69, 9.17) is 11.6 Å². The van der Waals surface area contributed by atoms with Gasteiger partial charge < -0.3 is 4.98 Å². The van der Waals surface area contributed by atoms with Crippen molar-refractivity contribution in [3.8, 4) is 0 Å².